The van der Waals surface area contributed by atoms with Gasteiger partial charge in [0.15, 0.2) is 0 Å². The van der Waals surface area contributed by atoms with Crippen LogP contribution in [0.25, 0.3) is 0 Å². The van der Waals surface area contributed by atoms with Gasteiger partial charge in [0.1, 0.15) is 8.07 Å². The third kappa shape index (κ3) is 6.59. The molecule has 4 aromatic rings. The van der Waals surface area contributed by atoms with E-state index in [2.05, 4.69) is 157 Å². The van der Waals surface area contributed by atoms with E-state index in [1.807, 2.05) is 0 Å². The maximum Gasteiger partial charge on any atom is 4.00 e. The number of hydrogen-bond donors (Lipinski definition) is 0. The van der Waals surface area contributed by atoms with Gasteiger partial charge in [0.25, 0.3) is 0 Å². The van der Waals surface area contributed by atoms with Crippen molar-refractivity contribution >= 4 is 45.9 Å². The SMILES string of the molecule is Cc1c(C)c(C)[c-]([Si](c2ccccc2N(C)C)(c2ccccc2N(C)C)c2ccccc2N(C)C)c1C.[Cl-].[Cl-].[Cl-].[Ti+4]. The Hall–Kier alpha value is -1.79. The molecule has 0 radical (unpaired) electrons. The van der Waals surface area contributed by atoms with Crippen LogP contribution in [0.5, 0.6) is 0 Å². The topological polar surface area (TPSA) is 9.72 Å². The fourth-order valence-electron chi connectivity index (χ4n) is 6.16. The molecule has 0 fully saturated rings. The van der Waals surface area contributed by atoms with Crippen molar-refractivity contribution in [2.24, 2.45) is 0 Å². The van der Waals surface area contributed by atoms with Crippen LogP contribution in [0.1, 0.15) is 22.3 Å². The molecule has 8 heteroatoms. The normalized spacial score (nSPS) is 10.4. The number of halogens is 3. The van der Waals surface area contributed by atoms with Crippen LogP contribution >= 0.6 is 0 Å². The number of anilines is 3. The number of hydrogen-bond acceptors (Lipinski definition) is 3. The zero-order valence-corrected chi connectivity index (χ0v) is 30.7. The summed E-state index contributed by atoms with van der Waals surface area (Å²) in [6.07, 6.45) is 0. The third-order valence-electron chi connectivity index (χ3n) is 8.18. The molecule has 0 aliphatic carbocycles. The Labute approximate surface area is 282 Å². The fraction of sp³-hybridized carbons (Fsp3) is 0.303. The molecule has 0 N–H and O–H groups in total. The fourth-order valence-corrected chi connectivity index (χ4v) is 12.5. The van der Waals surface area contributed by atoms with Crippen molar-refractivity contribution in [1.82, 2.24) is 0 Å². The van der Waals surface area contributed by atoms with Crippen LogP contribution in [-0.4, -0.2) is 50.4 Å². The number of rotatable bonds is 7. The average Bonchev–Trinajstić information content (AvgIpc) is 3.08. The molecule has 0 saturated carbocycles. The predicted molar refractivity (Wildman–Crippen MR) is 168 cm³/mol. The second-order valence-corrected chi connectivity index (χ2v) is 14.5. The summed E-state index contributed by atoms with van der Waals surface area (Å²) in [6.45, 7) is 9.30. The molecule has 0 amide bonds. The van der Waals surface area contributed by atoms with Gasteiger partial charge in [0.2, 0.25) is 0 Å². The summed E-state index contributed by atoms with van der Waals surface area (Å²) >= 11 is 0. The molecular formula is C33H42Cl3N3SiTi. The number of para-hydroxylation sites is 3. The first-order valence-corrected chi connectivity index (χ1v) is 15.1. The first-order valence-electron chi connectivity index (χ1n) is 13.1. The minimum atomic E-state index is -2.85. The van der Waals surface area contributed by atoms with Crippen molar-refractivity contribution in [3.63, 3.8) is 0 Å². The van der Waals surface area contributed by atoms with E-state index in [-0.39, 0.29) is 58.9 Å². The van der Waals surface area contributed by atoms with Gasteiger partial charge in [-0.2, -0.15) is 22.3 Å². The summed E-state index contributed by atoms with van der Waals surface area (Å²) in [5, 5.41) is 5.82. The van der Waals surface area contributed by atoms with E-state index in [0.717, 1.165) is 0 Å². The van der Waals surface area contributed by atoms with E-state index >= 15 is 0 Å². The maximum atomic E-state index is 2.40. The third-order valence-corrected chi connectivity index (χ3v) is 13.4. The van der Waals surface area contributed by atoms with Gasteiger partial charge in [-0.3, -0.25) is 0 Å². The summed E-state index contributed by atoms with van der Waals surface area (Å²) in [6, 6.07) is 27.3. The van der Waals surface area contributed by atoms with Crippen LogP contribution in [-0.2, 0) is 21.7 Å². The minimum absolute atomic E-state index is 0. The van der Waals surface area contributed by atoms with Crippen molar-refractivity contribution in [2.45, 2.75) is 27.7 Å². The molecule has 218 valence electrons. The largest absolute Gasteiger partial charge is 4.00 e. The van der Waals surface area contributed by atoms with Crippen molar-refractivity contribution in [3.05, 3.63) is 95.1 Å². The average molecular weight is 663 g/mol. The van der Waals surface area contributed by atoms with E-state index in [0.29, 0.717) is 0 Å². The van der Waals surface area contributed by atoms with Crippen molar-refractivity contribution in [1.29, 1.82) is 0 Å². The zero-order chi connectivity index (χ0) is 27.1. The van der Waals surface area contributed by atoms with Gasteiger partial charge in [-0.15, -0.1) is 5.19 Å². The van der Waals surface area contributed by atoms with Gasteiger partial charge in [0, 0.05) is 59.3 Å². The summed E-state index contributed by atoms with van der Waals surface area (Å²) < 4.78 is 0. The Morgan fingerprint density at radius 2 is 0.707 bits per heavy atom. The quantitative estimate of drug-likeness (QED) is 0.112. The molecule has 3 nitrogen and oxygen atoms in total. The zero-order valence-electron chi connectivity index (χ0n) is 25.9. The molecule has 0 spiro atoms. The molecule has 0 aromatic heterocycles. The number of nitrogens with zero attached hydrogens (tertiary/aromatic N) is 3. The van der Waals surface area contributed by atoms with E-state index in [1.54, 1.807) is 0 Å². The molecule has 0 atom stereocenters. The smallest absolute Gasteiger partial charge is 1.00 e. The maximum absolute atomic E-state index is 2.85. The van der Waals surface area contributed by atoms with E-state index in [1.165, 1.54) is 60.1 Å². The molecule has 0 bridgehead atoms. The summed E-state index contributed by atoms with van der Waals surface area (Å²) in [5.41, 5.74) is 9.53. The second kappa shape index (κ2) is 15.6. The van der Waals surface area contributed by atoms with Crippen molar-refractivity contribution in [3.8, 4) is 0 Å². The molecule has 4 rings (SSSR count). The van der Waals surface area contributed by atoms with Crippen molar-refractivity contribution < 1.29 is 58.9 Å². The van der Waals surface area contributed by atoms with Crippen LogP contribution in [0.15, 0.2) is 72.8 Å². The van der Waals surface area contributed by atoms with Crippen LogP contribution in [0.4, 0.5) is 17.1 Å². The summed E-state index contributed by atoms with van der Waals surface area (Å²) in [5.74, 6) is 0. The van der Waals surface area contributed by atoms with E-state index in [4.69, 9.17) is 0 Å². The second-order valence-electron chi connectivity index (χ2n) is 10.9. The molecule has 0 saturated heterocycles. The standard InChI is InChI=1S/C33H42N3Si.3ClH.Ti/c1-23-24(2)26(4)33(25(23)3)37(30-20-14-11-17-27(30)34(5)6,31-21-15-12-18-28(31)35(7)8)32-22-16-13-19-29(32)36(9)10;;;;/h11-22H,1-10H3;3*1H;/q-1;;;;+4/p-3. The van der Waals surface area contributed by atoms with Crippen LogP contribution in [0, 0.1) is 27.7 Å². The number of benzene rings is 3. The van der Waals surface area contributed by atoms with Gasteiger partial charge in [0.05, 0.1) is 0 Å². The van der Waals surface area contributed by atoms with E-state index < -0.39 is 8.07 Å². The molecule has 41 heavy (non-hydrogen) atoms. The Morgan fingerprint density at radius 3 is 0.951 bits per heavy atom. The monoisotopic (exact) mass is 661 g/mol. The molecule has 0 unspecified atom stereocenters. The van der Waals surface area contributed by atoms with Gasteiger partial charge in [-0.1, -0.05) is 82.3 Å². The minimum Gasteiger partial charge on any atom is -1.00 e. The molecule has 0 aliphatic heterocycles. The summed E-state index contributed by atoms with van der Waals surface area (Å²) in [4.78, 5) is 6.88. The van der Waals surface area contributed by atoms with Gasteiger partial charge in [-0.25, -0.2) is 0 Å². The van der Waals surface area contributed by atoms with Crippen LogP contribution in [0.2, 0.25) is 0 Å². The molecule has 0 heterocycles. The van der Waals surface area contributed by atoms with Crippen molar-refractivity contribution in [2.75, 3.05) is 57.0 Å². The molecule has 0 aliphatic rings. The predicted octanol–water partition coefficient (Wildman–Crippen LogP) is -4.78. The Bertz CT molecular complexity index is 1280. The first-order chi connectivity index (χ1) is 17.5. The molecule has 4 aromatic carbocycles. The van der Waals surface area contributed by atoms with Gasteiger partial charge in [-0.05, 0) is 33.8 Å². The molecular weight excluding hydrogens is 621 g/mol. The van der Waals surface area contributed by atoms with E-state index in [9.17, 15) is 0 Å². The van der Waals surface area contributed by atoms with Gasteiger partial charge < -0.3 is 51.9 Å². The Morgan fingerprint density at radius 1 is 0.463 bits per heavy atom. The Balaban J connectivity index is 0.00000400. The van der Waals surface area contributed by atoms with Crippen LogP contribution in [0.3, 0.4) is 0 Å². The first kappa shape index (κ1) is 39.2. The van der Waals surface area contributed by atoms with Gasteiger partial charge >= 0.3 is 21.7 Å². The Kier molecular flexibility index (Phi) is 14.9. The van der Waals surface area contributed by atoms with Crippen LogP contribution < -0.4 is 72.7 Å². The summed E-state index contributed by atoms with van der Waals surface area (Å²) in [7, 11) is 10.2.